The number of carbonyl (C=O) groups excluding carboxylic acids is 1. The number of hydrogen-bond acceptors (Lipinski definition) is 4. The van der Waals surface area contributed by atoms with Crippen LogP contribution in [0.3, 0.4) is 0 Å². The molecule has 1 fully saturated rings. The van der Waals surface area contributed by atoms with Crippen LogP contribution in [-0.4, -0.2) is 53.5 Å². The van der Waals surface area contributed by atoms with Gasteiger partial charge in [-0.1, -0.05) is 6.07 Å². The zero-order valence-electron chi connectivity index (χ0n) is 14.3. The summed E-state index contributed by atoms with van der Waals surface area (Å²) in [5, 5.41) is 0. The summed E-state index contributed by atoms with van der Waals surface area (Å²) in [4.78, 5) is 20.7. The largest absolute Gasteiger partial charge is 0.483 e. The molecule has 1 aromatic heterocycles. The van der Waals surface area contributed by atoms with E-state index in [0.29, 0.717) is 5.75 Å². The van der Waals surface area contributed by atoms with Crippen molar-refractivity contribution in [3.8, 4) is 5.75 Å². The Labute approximate surface area is 156 Å². The SMILES string of the molecule is Cc1ccc(OCC(=O)N2CCN(Cc3ccncc3)CC2)c(Br)c1. The van der Waals surface area contributed by atoms with Crippen molar-refractivity contribution in [2.24, 2.45) is 0 Å². The van der Waals surface area contributed by atoms with Crippen molar-refractivity contribution in [1.82, 2.24) is 14.8 Å². The molecule has 1 aromatic carbocycles. The maximum Gasteiger partial charge on any atom is 0.260 e. The molecule has 0 spiro atoms. The van der Waals surface area contributed by atoms with Gasteiger partial charge in [0.2, 0.25) is 0 Å². The number of hydrogen-bond donors (Lipinski definition) is 0. The summed E-state index contributed by atoms with van der Waals surface area (Å²) < 4.78 is 6.55. The van der Waals surface area contributed by atoms with E-state index >= 15 is 0 Å². The van der Waals surface area contributed by atoms with Gasteiger partial charge in [-0.2, -0.15) is 0 Å². The number of halogens is 1. The fourth-order valence-corrected chi connectivity index (χ4v) is 3.46. The summed E-state index contributed by atoms with van der Waals surface area (Å²) in [6.45, 7) is 6.23. The van der Waals surface area contributed by atoms with Crippen LogP contribution in [0.25, 0.3) is 0 Å². The Balaban J connectivity index is 1.45. The van der Waals surface area contributed by atoms with Gasteiger partial charge in [-0.15, -0.1) is 0 Å². The Hall–Kier alpha value is -1.92. The molecule has 6 heteroatoms. The molecule has 0 radical (unpaired) electrons. The molecule has 0 N–H and O–H groups in total. The molecular formula is C19H22BrN3O2. The van der Waals surface area contributed by atoms with Gasteiger partial charge in [0.1, 0.15) is 5.75 Å². The van der Waals surface area contributed by atoms with Gasteiger partial charge >= 0.3 is 0 Å². The van der Waals surface area contributed by atoms with Gasteiger partial charge in [-0.05, 0) is 58.2 Å². The molecule has 2 aromatic rings. The van der Waals surface area contributed by atoms with E-state index in [-0.39, 0.29) is 12.5 Å². The Kier molecular flexibility index (Phi) is 6.04. The second-order valence-corrected chi connectivity index (χ2v) is 7.09. The molecule has 1 saturated heterocycles. The first-order chi connectivity index (χ1) is 12.1. The molecular weight excluding hydrogens is 382 g/mol. The lowest BCUT2D eigenvalue weighted by molar-refractivity contribution is -0.135. The second kappa shape index (κ2) is 8.45. The predicted octanol–water partition coefficient (Wildman–Crippen LogP) is 2.88. The molecule has 0 unspecified atom stereocenters. The first kappa shape index (κ1) is 17.9. The lowest BCUT2D eigenvalue weighted by Crippen LogP contribution is -2.49. The number of aryl methyl sites for hydroxylation is 1. The molecule has 132 valence electrons. The lowest BCUT2D eigenvalue weighted by Gasteiger charge is -2.34. The molecule has 1 aliphatic rings. The number of benzene rings is 1. The van der Waals surface area contributed by atoms with Crippen molar-refractivity contribution in [3.63, 3.8) is 0 Å². The Morgan fingerprint density at radius 2 is 1.88 bits per heavy atom. The summed E-state index contributed by atoms with van der Waals surface area (Å²) in [6, 6.07) is 9.91. The number of amides is 1. The third-order valence-corrected chi connectivity index (χ3v) is 4.94. The fraction of sp³-hybridized carbons (Fsp3) is 0.368. The minimum atomic E-state index is 0.0380. The molecule has 2 heterocycles. The Morgan fingerprint density at radius 3 is 2.56 bits per heavy atom. The highest BCUT2D eigenvalue weighted by atomic mass is 79.9. The number of aromatic nitrogens is 1. The number of piperazine rings is 1. The first-order valence-electron chi connectivity index (χ1n) is 8.40. The van der Waals surface area contributed by atoms with Crippen LogP contribution in [0.1, 0.15) is 11.1 Å². The van der Waals surface area contributed by atoms with E-state index in [1.807, 2.05) is 54.5 Å². The lowest BCUT2D eigenvalue weighted by atomic mass is 10.2. The van der Waals surface area contributed by atoms with Crippen LogP contribution in [0.5, 0.6) is 5.75 Å². The quantitative estimate of drug-likeness (QED) is 0.769. The standard InChI is InChI=1S/C19H22BrN3O2/c1-15-2-3-18(17(20)12-15)25-14-19(24)23-10-8-22(9-11-23)13-16-4-6-21-7-5-16/h2-7,12H,8-11,13-14H2,1H3. The van der Waals surface area contributed by atoms with Gasteiger partial charge in [0, 0.05) is 45.1 Å². The minimum Gasteiger partial charge on any atom is -0.483 e. The average Bonchev–Trinajstić information content (AvgIpc) is 2.62. The van der Waals surface area contributed by atoms with Crippen molar-refractivity contribution < 1.29 is 9.53 Å². The smallest absolute Gasteiger partial charge is 0.260 e. The molecule has 3 rings (SSSR count). The topological polar surface area (TPSA) is 45.7 Å². The Morgan fingerprint density at radius 1 is 1.16 bits per heavy atom. The number of pyridine rings is 1. The first-order valence-corrected chi connectivity index (χ1v) is 9.19. The van der Waals surface area contributed by atoms with Crippen LogP contribution >= 0.6 is 15.9 Å². The second-order valence-electron chi connectivity index (χ2n) is 6.23. The van der Waals surface area contributed by atoms with Crippen LogP contribution in [-0.2, 0) is 11.3 Å². The number of ether oxygens (including phenoxy) is 1. The van der Waals surface area contributed by atoms with Crippen molar-refractivity contribution in [3.05, 3.63) is 58.3 Å². The van der Waals surface area contributed by atoms with E-state index in [0.717, 1.165) is 42.8 Å². The van der Waals surface area contributed by atoms with E-state index in [1.165, 1.54) is 5.56 Å². The van der Waals surface area contributed by atoms with Gasteiger partial charge in [0.05, 0.1) is 4.47 Å². The van der Waals surface area contributed by atoms with Crippen LogP contribution in [0.4, 0.5) is 0 Å². The van der Waals surface area contributed by atoms with E-state index in [1.54, 1.807) is 0 Å². The minimum absolute atomic E-state index is 0.0380. The van der Waals surface area contributed by atoms with Crippen LogP contribution < -0.4 is 4.74 Å². The third kappa shape index (κ3) is 5.03. The maximum absolute atomic E-state index is 12.4. The van der Waals surface area contributed by atoms with E-state index in [2.05, 4.69) is 25.8 Å². The third-order valence-electron chi connectivity index (χ3n) is 4.32. The summed E-state index contributed by atoms with van der Waals surface area (Å²) >= 11 is 3.47. The van der Waals surface area contributed by atoms with Crippen LogP contribution in [0.15, 0.2) is 47.2 Å². The monoisotopic (exact) mass is 403 g/mol. The van der Waals surface area contributed by atoms with E-state index in [4.69, 9.17) is 4.74 Å². The number of carbonyl (C=O) groups is 1. The summed E-state index contributed by atoms with van der Waals surface area (Å²) in [7, 11) is 0. The number of nitrogens with zero attached hydrogens (tertiary/aromatic N) is 3. The van der Waals surface area contributed by atoms with Gasteiger partial charge in [-0.3, -0.25) is 14.7 Å². The van der Waals surface area contributed by atoms with Crippen LogP contribution in [0.2, 0.25) is 0 Å². The molecule has 0 aliphatic carbocycles. The molecule has 1 amide bonds. The van der Waals surface area contributed by atoms with Crippen molar-refractivity contribution in [1.29, 1.82) is 0 Å². The maximum atomic E-state index is 12.4. The zero-order valence-corrected chi connectivity index (χ0v) is 15.9. The normalized spacial score (nSPS) is 15.2. The molecule has 0 saturated carbocycles. The van der Waals surface area contributed by atoms with E-state index in [9.17, 15) is 4.79 Å². The highest BCUT2D eigenvalue weighted by Gasteiger charge is 2.21. The van der Waals surface area contributed by atoms with Crippen molar-refractivity contribution >= 4 is 21.8 Å². The summed E-state index contributed by atoms with van der Waals surface area (Å²) in [5.74, 6) is 0.742. The molecule has 0 bridgehead atoms. The molecule has 1 aliphatic heterocycles. The zero-order chi connectivity index (χ0) is 17.6. The van der Waals surface area contributed by atoms with Gasteiger partial charge in [0.15, 0.2) is 6.61 Å². The summed E-state index contributed by atoms with van der Waals surface area (Å²) in [5.41, 5.74) is 2.40. The highest BCUT2D eigenvalue weighted by molar-refractivity contribution is 9.10. The summed E-state index contributed by atoms with van der Waals surface area (Å²) in [6.07, 6.45) is 3.63. The van der Waals surface area contributed by atoms with E-state index < -0.39 is 0 Å². The van der Waals surface area contributed by atoms with Gasteiger partial charge in [-0.25, -0.2) is 0 Å². The predicted molar refractivity (Wildman–Crippen MR) is 100 cm³/mol. The average molecular weight is 404 g/mol. The Bertz CT molecular complexity index is 716. The fourth-order valence-electron chi connectivity index (χ4n) is 2.86. The van der Waals surface area contributed by atoms with Gasteiger partial charge < -0.3 is 9.64 Å². The molecule has 5 nitrogen and oxygen atoms in total. The van der Waals surface area contributed by atoms with Crippen molar-refractivity contribution in [2.75, 3.05) is 32.8 Å². The van der Waals surface area contributed by atoms with Crippen LogP contribution in [0, 0.1) is 6.92 Å². The number of rotatable bonds is 5. The highest BCUT2D eigenvalue weighted by Crippen LogP contribution is 2.25. The van der Waals surface area contributed by atoms with Crippen molar-refractivity contribution in [2.45, 2.75) is 13.5 Å². The molecule has 25 heavy (non-hydrogen) atoms. The molecule has 0 atom stereocenters. The van der Waals surface area contributed by atoms with Gasteiger partial charge in [0.25, 0.3) is 5.91 Å².